The van der Waals surface area contributed by atoms with Gasteiger partial charge in [0.25, 0.3) is 0 Å². The highest BCUT2D eigenvalue weighted by molar-refractivity contribution is 5.88. The van der Waals surface area contributed by atoms with Crippen LogP contribution in [0.1, 0.15) is 58.3 Å². The molecular formula is C19H24O3. The Bertz CT molecular complexity index is 633. The number of hydrogen-bond donors (Lipinski definition) is 1. The maximum Gasteiger partial charge on any atom is 0.139 e. The molecule has 3 fully saturated rings. The van der Waals surface area contributed by atoms with Gasteiger partial charge in [-0.2, -0.15) is 0 Å². The SMILES string of the molecule is C[C@]12CC=C3C=C4C[C@H](O)CC[C@]45CC[C@]3(O5)[C@@H]1CCC2=O. The van der Waals surface area contributed by atoms with E-state index in [0.717, 1.165) is 51.4 Å². The van der Waals surface area contributed by atoms with Gasteiger partial charge in [-0.3, -0.25) is 4.79 Å². The molecule has 5 atom stereocenters. The summed E-state index contributed by atoms with van der Waals surface area (Å²) in [6.07, 6.45) is 11.6. The fraction of sp³-hybridized carbons (Fsp3) is 0.737. The lowest BCUT2D eigenvalue weighted by atomic mass is 9.61. The van der Waals surface area contributed by atoms with E-state index in [2.05, 4.69) is 19.1 Å². The van der Waals surface area contributed by atoms with E-state index >= 15 is 0 Å². The summed E-state index contributed by atoms with van der Waals surface area (Å²) in [4.78, 5) is 12.5. The highest BCUT2D eigenvalue weighted by Gasteiger charge is 2.66. The number of carbonyl (C=O) groups excluding carboxylic acids is 1. The normalized spacial score (nSPS) is 52.5. The van der Waals surface area contributed by atoms with Gasteiger partial charge in [0, 0.05) is 17.8 Å². The van der Waals surface area contributed by atoms with Crippen LogP contribution in [-0.2, 0) is 9.53 Å². The fourth-order valence-electron chi connectivity index (χ4n) is 6.12. The maximum absolute atomic E-state index is 12.5. The molecule has 5 aliphatic rings. The van der Waals surface area contributed by atoms with Crippen molar-refractivity contribution < 1.29 is 14.6 Å². The van der Waals surface area contributed by atoms with Crippen molar-refractivity contribution in [1.82, 2.24) is 0 Å². The van der Waals surface area contributed by atoms with E-state index in [0.29, 0.717) is 11.7 Å². The predicted molar refractivity (Wildman–Crippen MR) is 82.3 cm³/mol. The Hall–Kier alpha value is -0.930. The second-order valence-electron chi connectivity index (χ2n) is 8.35. The summed E-state index contributed by atoms with van der Waals surface area (Å²) in [5.74, 6) is 0.775. The number of aliphatic hydroxyl groups excluding tert-OH is 1. The first kappa shape index (κ1) is 13.5. The largest absolute Gasteiger partial charge is 0.393 e. The van der Waals surface area contributed by atoms with Crippen LogP contribution in [0.3, 0.4) is 0 Å². The molecule has 2 saturated carbocycles. The summed E-state index contributed by atoms with van der Waals surface area (Å²) in [5, 5.41) is 10.0. The zero-order valence-corrected chi connectivity index (χ0v) is 13.2. The van der Waals surface area contributed by atoms with E-state index < -0.39 is 0 Å². The molecule has 2 heterocycles. The molecule has 118 valence electrons. The predicted octanol–water partition coefficient (Wildman–Crippen LogP) is 3.07. The molecule has 1 N–H and O–H groups in total. The number of fused-ring (bicyclic) bond motifs is 1. The maximum atomic E-state index is 12.5. The number of ether oxygens (including phenoxy) is 1. The standard InChI is InChI=1S/C19H24O3/c1-17-6-4-12-10-13-11-14(20)5-7-18(13)8-9-19(12,22-18)15(17)2-3-16(17)21/h4,10,14-15,20H,2-3,5-9,11H2,1H3/t14-,15-,17+,18+,19-/m1/s1. The highest BCUT2D eigenvalue weighted by atomic mass is 16.5. The van der Waals surface area contributed by atoms with Gasteiger partial charge >= 0.3 is 0 Å². The van der Waals surface area contributed by atoms with Gasteiger partial charge < -0.3 is 9.84 Å². The average Bonchev–Trinajstić information content (AvgIpc) is 2.97. The van der Waals surface area contributed by atoms with Gasteiger partial charge in [-0.15, -0.1) is 0 Å². The second-order valence-corrected chi connectivity index (χ2v) is 8.35. The van der Waals surface area contributed by atoms with Gasteiger partial charge in [0.1, 0.15) is 5.78 Å². The van der Waals surface area contributed by atoms with Crippen LogP contribution in [-0.4, -0.2) is 28.2 Å². The van der Waals surface area contributed by atoms with Crippen LogP contribution < -0.4 is 0 Å². The first-order valence-corrected chi connectivity index (χ1v) is 8.82. The van der Waals surface area contributed by atoms with Crippen molar-refractivity contribution in [2.24, 2.45) is 11.3 Å². The molecule has 0 aromatic rings. The minimum Gasteiger partial charge on any atom is -0.393 e. The Kier molecular flexibility index (Phi) is 2.42. The first-order valence-electron chi connectivity index (χ1n) is 8.82. The first-order chi connectivity index (χ1) is 10.5. The summed E-state index contributed by atoms with van der Waals surface area (Å²) in [6, 6.07) is 0. The van der Waals surface area contributed by atoms with Crippen molar-refractivity contribution in [2.75, 3.05) is 0 Å². The van der Waals surface area contributed by atoms with Crippen molar-refractivity contribution in [2.45, 2.75) is 75.6 Å². The third-order valence-electron chi connectivity index (χ3n) is 7.39. The number of rotatable bonds is 0. The topological polar surface area (TPSA) is 46.5 Å². The molecular weight excluding hydrogens is 276 g/mol. The van der Waals surface area contributed by atoms with Gasteiger partial charge in [-0.1, -0.05) is 19.1 Å². The van der Waals surface area contributed by atoms with Gasteiger partial charge in [0.05, 0.1) is 17.3 Å². The number of aliphatic hydroxyl groups is 1. The van der Waals surface area contributed by atoms with Crippen molar-refractivity contribution >= 4 is 5.78 Å². The molecule has 3 aliphatic carbocycles. The molecule has 2 bridgehead atoms. The van der Waals surface area contributed by atoms with Crippen molar-refractivity contribution in [3.05, 3.63) is 23.3 Å². The number of allylic oxidation sites excluding steroid dienone is 1. The van der Waals surface area contributed by atoms with Gasteiger partial charge in [0.2, 0.25) is 0 Å². The number of ketones is 1. The van der Waals surface area contributed by atoms with Crippen molar-refractivity contribution in [3.63, 3.8) is 0 Å². The van der Waals surface area contributed by atoms with Gasteiger partial charge in [-0.05, 0) is 56.1 Å². The molecule has 1 saturated heterocycles. The van der Waals surface area contributed by atoms with Gasteiger partial charge in [0.15, 0.2) is 0 Å². The van der Waals surface area contributed by atoms with E-state index in [-0.39, 0.29) is 22.7 Å². The molecule has 5 rings (SSSR count). The molecule has 2 aliphatic heterocycles. The Morgan fingerprint density at radius 3 is 3.00 bits per heavy atom. The Balaban J connectivity index is 1.66. The van der Waals surface area contributed by atoms with Crippen molar-refractivity contribution in [1.29, 1.82) is 0 Å². The lowest BCUT2D eigenvalue weighted by Crippen LogP contribution is -2.54. The van der Waals surface area contributed by atoms with E-state index in [1.807, 2.05) is 0 Å². The zero-order chi connectivity index (χ0) is 15.2. The summed E-state index contributed by atoms with van der Waals surface area (Å²) in [7, 11) is 0. The van der Waals surface area contributed by atoms with E-state index in [1.54, 1.807) is 0 Å². The lowest BCUT2D eigenvalue weighted by Gasteiger charge is -2.52. The molecule has 0 unspecified atom stereocenters. The Morgan fingerprint density at radius 2 is 2.14 bits per heavy atom. The van der Waals surface area contributed by atoms with Crippen LogP contribution in [0.5, 0.6) is 0 Å². The van der Waals surface area contributed by atoms with Crippen LogP contribution in [0.25, 0.3) is 0 Å². The fourth-order valence-corrected chi connectivity index (χ4v) is 6.12. The summed E-state index contributed by atoms with van der Waals surface area (Å²) < 4.78 is 6.86. The number of Topliss-reactive ketones (excluding diaryl/α,β-unsaturated/α-hetero) is 1. The molecule has 0 amide bonds. The molecule has 3 nitrogen and oxygen atoms in total. The molecule has 2 spiro atoms. The summed E-state index contributed by atoms with van der Waals surface area (Å²) in [6.45, 7) is 2.16. The Morgan fingerprint density at radius 1 is 1.27 bits per heavy atom. The molecule has 0 aromatic carbocycles. The van der Waals surface area contributed by atoms with Crippen LogP contribution in [0.2, 0.25) is 0 Å². The van der Waals surface area contributed by atoms with Gasteiger partial charge in [-0.25, -0.2) is 0 Å². The van der Waals surface area contributed by atoms with Crippen LogP contribution >= 0.6 is 0 Å². The van der Waals surface area contributed by atoms with Crippen molar-refractivity contribution in [3.8, 4) is 0 Å². The number of hydrogen-bond acceptors (Lipinski definition) is 3. The monoisotopic (exact) mass is 300 g/mol. The second kappa shape index (κ2) is 3.93. The van der Waals surface area contributed by atoms with E-state index in [9.17, 15) is 9.90 Å². The van der Waals surface area contributed by atoms with Crippen LogP contribution in [0.15, 0.2) is 23.3 Å². The minimum atomic E-state index is -0.217. The average molecular weight is 300 g/mol. The third kappa shape index (κ3) is 1.38. The number of carbonyl (C=O) groups is 1. The molecule has 3 heteroatoms. The molecule has 0 aromatic heterocycles. The van der Waals surface area contributed by atoms with Crippen LogP contribution in [0, 0.1) is 11.3 Å². The summed E-state index contributed by atoms with van der Waals surface area (Å²) >= 11 is 0. The molecule has 0 radical (unpaired) electrons. The zero-order valence-electron chi connectivity index (χ0n) is 13.2. The minimum absolute atomic E-state index is 0.138. The molecule has 22 heavy (non-hydrogen) atoms. The Labute approximate surface area is 131 Å². The highest BCUT2D eigenvalue weighted by Crippen LogP contribution is 2.65. The lowest BCUT2D eigenvalue weighted by molar-refractivity contribution is -0.148. The smallest absolute Gasteiger partial charge is 0.139 e. The summed E-state index contributed by atoms with van der Waals surface area (Å²) in [5.41, 5.74) is 2.04. The quantitative estimate of drug-likeness (QED) is 0.748. The van der Waals surface area contributed by atoms with E-state index in [1.165, 1.54) is 11.1 Å². The van der Waals surface area contributed by atoms with Crippen LogP contribution in [0.4, 0.5) is 0 Å². The third-order valence-corrected chi connectivity index (χ3v) is 7.39. The van der Waals surface area contributed by atoms with E-state index in [4.69, 9.17) is 4.74 Å².